The number of aromatic nitrogens is 2. The minimum Gasteiger partial charge on any atom is -0.378 e. The molecule has 1 aromatic carbocycles. The molecule has 7 nitrogen and oxygen atoms in total. The highest BCUT2D eigenvalue weighted by Crippen LogP contribution is 2.19. The molecule has 0 unspecified atom stereocenters. The lowest BCUT2D eigenvalue weighted by Crippen LogP contribution is -2.37. The van der Waals surface area contributed by atoms with Gasteiger partial charge in [0.25, 0.3) is 0 Å². The average molecular weight is 384 g/mol. The SMILES string of the molecule is Cc1cc(CNS(=O)(=O)c2c(F)cccc2F)nc(N2CCOCC2)n1. The number of sulfonamides is 1. The molecule has 1 fully saturated rings. The molecule has 2 heterocycles. The third kappa shape index (κ3) is 4.14. The Bertz CT molecular complexity index is 882. The van der Waals surface area contributed by atoms with E-state index in [2.05, 4.69) is 14.7 Å². The largest absolute Gasteiger partial charge is 0.378 e. The number of nitrogens with one attached hydrogen (secondary N) is 1. The Hall–Kier alpha value is -2.17. The van der Waals surface area contributed by atoms with Gasteiger partial charge in [-0.25, -0.2) is 31.9 Å². The predicted molar refractivity (Wildman–Crippen MR) is 90.2 cm³/mol. The lowest BCUT2D eigenvalue weighted by Gasteiger charge is -2.27. The van der Waals surface area contributed by atoms with Crippen LogP contribution in [-0.2, 0) is 21.3 Å². The van der Waals surface area contributed by atoms with Crippen LogP contribution in [0.3, 0.4) is 0 Å². The molecule has 0 saturated carbocycles. The zero-order valence-corrected chi connectivity index (χ0v) is 14.9. The summed E-state index contributed by atoms with van der Waals surface area (Å²) in [4.78, 5) is 9.63. The first-order valence-corrected chi connectivity index (χ1v) is 9.46. The third-order valence-electron chi connectivity index (χ3n) is 3.82. The summed E-state index contributed by atoms with van der Waals surface area (Å²) in [6, 6.07) is 4.50. The number of rotatable bonds is 5. The van der Waals surface area contributed by atoms with E-state index in [0.717, 1.165) is 18.2 Å². The Labute approximate surface area is 150 Å². The van der Waals surface area contributed by atoms with Gasteiger partial charge in [0.1, 0.15) is 11.6 Å². The predicted octanol–water partition coefficient (Wildman–Crippen LogP) is 1.38. The van der Waals surface area contributed by atoms with Crippen molar-refractivity contribution in [1.29, 1.82) is 0 Å². The van der Waals surface area contributed by atoms with Crippen LogP contribution in [0.2, 0.25) is 0 Å². The van der Waals surface area contributed by atoms with Gasteiger partial charge < -0.3 is 9.64 Å². The van der Waals surface area contributed by atoms with Crippen molar-refractivity contribution in [3.05, 3.63) is 47.3 Å². The summed E-state index contributed by atoms with van der Waals surface area (Å²) in [5.41, 5.74) is 1.06. The van der Waals surface area contributed by atoms with Gasteiger partial charge in [0.05, 0.1) is 25.5 Å². The fourth-order valence-electron chi connectivity index (χ4n) is 2.59. The fraction of sp³-hybridized carbons (Fsp3) is 0.375. The highest BCUT2D eigenvalue weighted by molar-refractivity contribution is 7.89. The van der Waals surface area contributed by atoms with Crippen LogP contribution in [0.25, 0.3) is 0 Å². The van der Waals surface area contributed by atoms with Crippen molar-refractivity contribution in [2.45, 2.75) is 18.4 Å². The summed E-state index contributed by atoms with van der Waals surface area (Å²) in [5, 5.41) is 0. The summed E-state index contributed by atoms with van der Waals surface area (Å²) >= 11 is 0. The first-order chi connectivity index (χ1) is 12.4. The van der Waals surface area contributed by atoms with Crippen LogP contribution in [0, 0.1) is 18.6 Å². The quantitative estimate of drug-likeness (QED) is 0.839. The van der Waals surface area contributed by atoms with Crippen LogP contribution in [0.1, 0.15) is 11.4 Å². The van der Waals surface area contributed by atoms with E-state index in [4.69, 9.17) is 4.74 Å². The number of anilines is 1. The maximum Gasteiger partial charge on any atom is 0.246 e. The van der Waals surface area contributed by atoms with Crippen molar-refractivity contribution in [2.24, 2.45) is 0 Å². The molecule has 0 amide bonds. The monoisotopic (exact) mass is 384 g/mol. The highest BCUT2D eigenvalue weighted by atomic mass is 32.2. The van der Waals surface area contributed by atoms with Crippen molar-refractivity contribution in [3.8, 4) is 0 Å². The average Bonchev–Trinajstić information content (AvgIpc) is 2.60. The van der Waals surface area contributed by atoms with Gasteiger partial charge in [0, 0.05) is 18.8 Å². The zero-order chi connectivity index (χ0) is 18.7. The Kier molecular flexibility index (Phi) is 5.44. The van der Waals surface area contributed by atoms with Crippen molar-refractivity contribution in [1.82, 2.24) is 14.7 Å². The van der Waals surface area contributed by atoms with Crippen LogP contribution in [0.15, 0.2) is 29.2 Å². The van der Waals surface area contributed by atoms with Crippen LogP contribution in [0.5, 0.6) is 0 Å². The van der Waals surface area contributed by atoms with Gasteiger partial charge in [-0.1, -0.05) is 6.07 Å². The van der Waals surface area contributed by atoms with Gasteiger partial charge in [-0.3, -0.25) is 0 Å². The second-order valence-electron chi connectivity index (χ2n) is 5.78. The van der Waals surface area contributed by atoms with E-state index in [1.807, 2.05) is 4.90 Å². The molecule has 0 atom stereocenters. The van der Waals surface area contributed by atoms with E-state index in [-0.39, 0.29) is 6.54 Å². The van der Waals surface area contributed by atoms with Gasteiger partial charge in [-0.05, 0) is 25.1 Å². The summed E-state index contributed by atoms with van der Waals surface area (Å²) in [7, 11) is -4.36. The van der Waals surface area contributed by atoms with Gasteiger partial charge in [-0.2, -0.15) is 0 Å². The fourth-order valence-corrected chi connectivity index (χ4v) is 3.72. The van der Waals surface area contributed by atoms with Crippen LogP contribution in [-0.4, -0.2) is 44.7 Å². The molecule has 2 aromatic rings. The van der Waals surface area contributed by atoms with Gasteiger partial charge in [0.15, 0.2) is 4.90 Å². The number of halogens is 2. The minimum atomic E-state index is -4.36. The molecular weight excluding hydrogens is 366 g/mol. The zero-order valence-electron chi connectivity index (χ0n) is 14.1. The Morgan fingerprint density at radius 2 is 1.85 bits per heavy atom. The Morgan fingerprint density at radius 3 is 2.50 bits per heavy atom. The number of ether oxygens (including phenoxy) is 1. The topological polar surface area (TPSA) is 84.4 Å². The number of hydrogen-bond donors (Lipinski definition) is 1. The normalized spacial score (nSPS) is 15.3. The molecule has 0 bridgehead atoms. The van der Waals surface area contributed by atoms with Gasteiger partial charge >= 0.3 is 0 Å². The van der Waals surface area contributed by atoms with Crippen LogP contribution < -0.4 is 9.62 Å². The number of aryl methyl sites for hydroxylation is 1. The van der Waals surface area contributed by atoms with Crippen molar-refractivity contribution in [3.63, 3.8) is 0 Å². The molecule has 26 heavy (non-hydrogen) atoms. The summed E-state index contributed by atoms with van der Waals surface area (Å²) in [5.74, 6) is -1.82. The molecule has 0 aliphatic carbocycles. The first kappa shape index (κ1) is 18.6. The van der Waals surface area contributed by atoms with E-state index in [1.54, 1.807) is 13.0 Å². The molecule has 140 valence electrons. The van der Waals surface area contributed by atoms with Crippen molar-refractivity contribution >= 4 is 16.0 Å². The van der Waals surface area contributed by atoms with E-state index in [9.17, 15) is 17.2 Å². The van der Waals surface area contributed by atoms with E-state index < -0.39 is 26.6 Å². The molecule has 1 aromatic heterocycles. The van der Waals surface area contributed by atoms with Crippen molar-refractivity contribution < 1.29 is 21.9 Å². The summed E-state index contributed by atoms with van der Waals surface area (Å²) in [6.45, 7) is 3.94. The third-order valence-corrected chi connectivity index (χ3v) is 5.27. The van der Waals surface area contributed by atoms with Crippen molar-refractivity contribution in [2.75, 3.05) is 31.2 Å². The molecular formula is C16H18F2N4O3S. The maximum atomic E-state index is 13.7. The Morgan fingerprint density at radius 1 is 1.19 bits per heavy atom. The molecule has 0 spiro atoms. The number of morpholine rings is 1. The second-order valence-corrected chi connectivity index (χ2v) is 7.48. The molecule has 1 saturated heterocycles. The lowest BCUT2D eigenvalue weighted by molar-refractivity contribution is 0.122. The van der Waals surface area contributed by atoms with E-state index in [1.165, 1.54) is 0 Å². The molecule has 10 heteroatoms. The van der Waals surface area contributed by atoms with E-state index in [0.29, 0.717) is 43.6 Å². The smallest absolute Gasteiger partial charge is 0.246 e. The highest BCUT2D eigenvalue weighted by Gasteiger charge is 2.24. The molecule has 1 N–H and O–H groups in total. The standard InChI is InChI=1S/C16H18F2N4O3S/c1-11-9-12(21-16(20-11)22-5-7-25-8-6-22)10-19-26(23,24)15-13(17)3-2-4-14(15)18/h2-4,9,19H,5-8,10H2,1H3. The van der Waals surface area contributed by atoms with E-state index >= 15 is 0 Å². The number of nitrogens with zero attached hydrogens (tertiary/aromatic N) is 3. The second kappa shape index (κ2) is 7.60. The first-order valence-electron chi connectivity index (χ1n) is 7.98. The molecule has 0 radical (unpaired) electrons. The summed E-state index contributed by atoms with van der Waals surface area (Å²) < 4.78 is 59.5. The maximum absolute atomic E-state index is 13.7. The van der Waals surface area contributed by atoms with Gasteiger partial charge in [0.2, 0.25) is 16.0 Å². The van der Waals surface area contributed by atoms with Crippen LogP contribution in [0.4, 0.5) is 14.7 Å². The Balaban J connectivity index is 1.80. The molecule has 1 aliphatic rings. The molecule has 1 aliphatic heterocycles. The number of hydrogen-bond acceptors (Lipinski definition) is 6. The minimum absolute atomic E-state index is 0.212. The van der Waals surface area contributed by atoms with Crippen LogP contribution >= 0.6 is 0 Å². The van der Waals surface area contributed by atoms with Gasteiger partial charge in [-0.15, -0.1) is 0 Å². The summed E-state index contributed by atoms with van der Waals surface area (Å²) in [6.07, 6.45) is 0. The lowest BCUT2D eigenvalue weighted by atomic mass is 10.3. The number of benzene rings is 1. The molecule has 3 rings (SSSR count).